The van der Waals surface area contributed by atoms with Crippen molar-refractivity contribution >= 4 is 21.0 Å². The molecule has 2 heterocycles. The monoisotopic (exact) mass is 324 g/mol. The van der Waals surface area contributed by atoms with Gasteiger partial charge in [-0.1, -0.05) is 18.7 Å². The van der Waals surface area contributed by atoms with Crippen LogP contribution in [-0.2, 0) is 10.2 Å². The lowest BCUT2D eigenvalue weighted by Gasteiger charge is -2.18. The summed E-state index contributed by atoms with van der Waals surface area (Å²) in [5.41, 5.74) is 1.36. The molecule has 1 fully saturated rings. The van der Waals surface area contributed by atoms with Crippen molar-refractivity contribution in [1.82, 2.24) is 9.88 Å². The summed E-state index contributed by atoms with van der Waals surface area (Å²) in [6, 6.07) is 4.79. The molecule has 1 aliphatic heterocycles. The predicted molar refractivity (Wildman–Crippen MR) is 94.7 cm³/mol. The van der Waals surface area contributed by atoms with Crippen LogP contribution in [0.5, 0.6) is 0 Å². The maximum absolute atomic E-state index is 10.8. The van der Waals surface area contributed by atoms with Crippen LogP contribution in [-0.4, -0.2) is 39.5 Å². The third-order valence-corrected chi connectivity index (χ3v) is 5.91. The van der Waals surface area contributed by atoms with Crippen LogP contribution in [0.2, 0.25) is 0 Å². The summed E-state index contributed by atoms with van der Waals surface area (Å²) in [6.07, 6.45) is 9.81. The largest absolute Gasteiger partial charge is 0.605 e. The summed E-state index contributed by atoms with van der Waals surface area (Å²) < 4.78 is 10.8. The topological polar surface area (TPSA) is 39.2 Å². The van der Waals surface area contributed by atoms with Crippen LogP contribution < -0.4 is 0 Å². The first-order valence-corrected chi connectivity index (χ1v) is 9.84. The lowest BCUT2D eigenvalue weighted by molar-refractivity contribution is 0.317. The number of pyridine rings is 1. The number of rotatable bonds is 6. The van der Waals surface area contributed by atoms with Gasteiger partial charge in [-0.25, -0.2) is 0 Å². The van der Waals surface area contributed by atoms with Crippen LogP contribution in [0.25, 0.3) is 0 Å². The highest BCUT2D eigenvalue weighted by molar-refractivity contribution is 8.72. The molecule has 1 aromatic heterocycles. The van der Waals surface area contributed by atoms with Gasteiger partial charge in [0.05, 0.1) is 16.5 Å². The zero-order valence-corrected chi connectivity index (χ0v) is 14.2. The molecule has 1 saturated heterocycles. The zero-order valence-electron chi connectivity index (χ0n) is 12.6. The van der Waals surface area contributed by atoms with Crippen molar-refractivity contribution in [2.24, 2.45) is 0 Å². The fourth-order valence-electron chi connectivity index (χ4n) is 2.17. The minimum absolute atomic E-state index is 0.568. The van der Waals surface area contributed by atoms with Crippen LogP contribution >= 0.6 is 10.8 Å². The lowest BCUT2D eigenvalue weighted by atomic mass is 10.1. The molecular formula is C16H24N2OS2. The van der Waals surface area contributed by atoms with Crippen molar-refractivity contribution in [3.05, 3.63) is 55.4 Å². The van der Waals surface area contributed by atoms with E-state index in [0.717, 1.165) is 5.75 Å². The first-order valence-electron chi connectivity index (χ1n) is 7.02. The molecular weight excluding hydrogens is 300 g/mol. The van der Waals surface area contributed by atoms with Gasteiger partial charge in [0.15, 0.2) is 0 Å². The minimum atomic E-state index is -0.793. The highest BCUT2D eigenvalue weighted by Crippen LogP contribution is 2.29. The average Bonchev–Trinajstić information content (AvgIpc) is 2.93. The Morgan fingerprint density at radius 3 is 2.86 bits per heavy atom. The second-order valence-electron chi connectivity index (χ2n) is 4.76. The van der Waals surface area contributed by atoms with Gasteiger partial charge < -0.3 is 4.55 Å². The van der Waals surface area contributed by atoms with Gasteiger partial charge >= 0.3 is 0 Å². The van der Waals surface area contributed by atoms with Crippen molar-refractivity contribution < 1.29 is 4.55 Å². The average molecular weight is 325 g/mol. The first kappa shape index (κ1) is 18.3. The van der Waals surface area contributed by atoms with E-state index in [1.54, 1.807) is 12.2 Å². The second kappa shape index (κ2) is 10.9. The van der Waals surface area contributed by atoms with E-state index in [4.69, 9.17) is 0 Å². The van der Waals surface area contributed by atoms with Crippen LogP contribution in [0.3, 0.4) is 0 Å². The molecule has 1 aliphatic rings. The Balaban J connectivity index is 0.000000222. The van der Waals surface area contributed by atoms with E-state index >= 15 is 0 Å². The Bertz CT molecular complexity index is 414. The van der Waals surface area contributed by atoms with E-state index in [1.807, 2.05) is 18.5 Å². The number of hydrogen-bond donors (Lipinski definition) is 0. The van der Waals surface area contributed by atoms with Crippen LogP contribution in [0.1, 0.15) is 24.4 Å². The van der Waals surface area contributed by atoms with Crippen LogP contribution in [0.15, 0.2) is 49.8 Å². The molecule has 5 heteroatoms. The third kappa shape index (κ3) is 7.18. The van der Waals surface area contributed by atoms with Crippen molar-refractivity contribution in [3.8, 4) is 0 Å². The zero-order chi connectivity index (χ0) is 15.5. The number of likely N-dealkylation sites (tertiary alicyclic amines) is 1. The summed E-state index contributed by atoms with van der Waals surface area (Å²) >= 11 is 0. The summed E-state index contributed by atoms with van der Waals surface area (Å²) in [6.45, 7) is 8.21. The lowest BCUT2D eigenvalue weighted by Crippen LogP contribution is -2.17. The Kier molecular flexibility index (Phi) is 9.50. The Morgan fingerprint density at radius 1 is 1.52 bits per heavy atom. The standard InChI is InChI=1S/C10H14N2.C6H10OS2/c1-12-7-3-5-10(12)9-4-2-6-11-8-9;1-3-5-8-9(7)6-4-2/h2,4,6,8,10H,3,5,7H2,1H3;3-4H,1-2,5-6H2. The highest BCUT2D eigenvalue weighted by atomic mass is 33.1. The smallest absolute Gasteiger partial charge is 0.135 e. The van der Waals surface area contributed by atoms with E-state index in [-0.39, 0.29) is 0 Å². The van der Waals surface area contributed by atoms with Crippen LogP contribution in [0, 0.1) is 0 Å². The second-order valence-corrected chi connectivity index (χ2v) is 8.09. The highest BCUT2D eigenvalue weighted by Gasteiger charge is 2.21. The molecule has 0 saturated carbocycles. The number of aromatic nitrogens is 1. The number of hydrogen-bond acceptors (Lipinski definition) is 4. The number of nitrogens with zero attached hydrogens (tertiary/aromatic N) is 2. The maximum Gasteiger partial charge on any atom is 0.135 e. The van der Waals surface area contributed by atoms with Gasteiger partial charge in [0.25, 0.3) is 0 Å². The Hall–Kier alpha value is -0.750. The van der Waals surface area contributed by atoms with Gasteiger partial charge in [-0.05, 0) is 44.1 Å². The van der Waals surface area contributed by atoms with Gasteiger partial charge in [-0.3, -0.25) is 9.88 Å². The molecule has 0 aromatic carbocycles. The predicted octanol–water partition coefficient (Wildman–Crippen LogP) is 3.60. The molecule has 2 atom stereocenters. The van der Waals surface area contributed by atoms with Crippen molar-refractivity contribution in [3.63, 3.8) is 0 Å². The van der Waals surface area contributed by atoms with E-state index in [2.05, 4.69) is 36.2 Å². The fourth-order valence-corrected chi connectivity index (χ4v) is 4.03. The Morgan fingerprint density at radius 2 is 2.33 bits per heavy atom. The Labute approximate surface area is 135 Å². The van der Waals surface area contributed by atoms with Crippen molar-refractivity contribution in [2.45, 2.75) is 18.9 Å². The molecule has 0 bridgehead atoms. The molecule has 0 spiro atoms. The van der Waals surface area contributed by atoms with Crippen LogP contribution in [0.4, 0.5) is 0 Å². The third-order valence-electron chi connectivity index (χ3n) is 3.16. The molecule has 116 valence electrons. The normalized spacial score (nSPS) is 19.4. The summed E-state index contributed by atoms with van der Waals surface area (Å²) in [4.78, 5) is 6.54. The SMILES string of the molecule is C=CCS[S+]([O-])CC=C.CN1CCCC1c1cccnc1. The van der Waals surface area contributed by atoms with E-state index < -0.39 is 10.2 Å². The summed E-state index contributed by atoms with van der Waals surface area (Å²) in [7, 11) is 2.78. The van der Waals surface area contributed by atoms with Gasteiger partial charge in [0, 0.05) is 28.6 Å². The van der Waals surface area contributed by atoms with E-state index in [0.29, 0.717) is 11.8 Å². The molecule has 0 amide bonds. The molecule has 21 heavy (non-hydrogen) atoms. The molecule has 0 radical (unpaired) electrons. The van der Waals surface area contributed by atoms with Crippen molar-refractivity contribution in [2.75, 3.05) is 25.1 Å². The van der Waals surface area contributed by atoms with Crippen molar-refractivity contribution in [1.29, 1.82) is 0 Å². The van der Waals surface area contributed by atoms with E-state index in [1.165, 1.54) is 35.7 Å². The van der Waals surface area contributed by atoms with Gasteiger partial charge in [0.1, 0.15) is 5.75 Å². The first-order chi connectivity index (χ1) is 10.2. The van der Waals surface area contributed by atoms with Gasteiger partial charge in [-0.2, -0.15) is 0 Å². The maximum atomic E-state index is 10.8. The quantitative estimate of drug-likeness (QED) is 0.455. The summed E-state index contributed by atoms with van der Waals surface area (Å²) in [5.74, 6) is 1.32. The van der Waals surface area contributed by atoms with E-state index in [9.17, 15) is 4.55 Å². The summed E-state index contributed by atoms with van der Waals surface area (Å²) in [5, 5.41) is 0. The molecule has 0 N–H and O–H groups in total. The molecule has 2 unspecified atom stereocenters. The molecule has 0 aliphatic carbocycles. The molecule has 1 aromatic rings. The fraction of sp³-hybridized carbons (Fsp3) is 0.438. The minimum Gasteiger partial charge on any atom is -0.605 e. The molecule has 2 rings (SSSR count). The van der Waals surface area contributed by atoms with Gasteiger partial charge in [-0.15, -0.1) is 6.58 Å². The van der Waals surface area contributed by atoms with Gasteiger partial charge in [0.2, 0.25) is 0 Å². The molecule has 3 nitrogen and oxygen atoms in total.